The third-order valence-electron chi connectivity index (χ3n) is 2.47. The quantitative estimate of drug-likeness (QED) is 0.544. The number of unbranched alkanes of at least 4 members (excludes halogenated alkanes) is 4. The van der Waals surface area contributed by atoms with E-state index in [2.05, 4.69) is 10.6 Å². The van der Waals surface area contributed by atoms with E-state index >= 15 is 0 Å². The fraction of sp³-hybridized carbons (Fsp3) is 0.923. The van der Waals surface area contributed by atoms with Crippen molar-refractivity contribution in [2.45, 2.75) is 52.1 Å². The fourth-order valence-electron chi connectivity index (χ4n) is 1.48. The molecule has 0 spiro atoms. The predicted molar refractivity (Wildman–Crippen MR) is 71.1 cm³/mol. The number of ether oxygens (including phenoxy) is 1. The largest absolute Gasteiger partial charge is 0.369 e. The summed E-state index contributed by atoms with van der Waals surface area (Å²) in [7, 11) is 1.98. The molecule has 0 aromatic heterocycles. The van der Waals surface area contributed by atoms with E-state index < -0.39 is 0 Å². The lowest BCUT2D eigenvalue weighted by atomic mass is 10.1. The van der Waals surface area contributed by atoms with Crippen LogP contribution in [0, 0.1) is 0 Å². The van der Waals surface area contributed by atoms with Gasteiger partial charge in [-0.25, -0.2) is 0 Å². The molecule has 0 aliphatic heterocycles. The Morgan fingerprint density at radius 1 is 1.06 bits per heavy atom. The van der Waals surface area contributed by atoms with Crippen molar-refractivity contribution in [2.75, 3.05) is 26.7 Å². The molecule has 0 aromatic carbocycles. The van der Waals surface area contributed by atoms with Crippen molar-refractivity contribution in [1.82, 2.24) is 10.6 Å². The second-order valence-corrected chi connectivity index (χ2v) is 4.58. The lowest BCUT2D eigenvalue weighted by Gasteiger charge is -2.08. The first kappa shape index (κ1) is 16.4. The van der Waals surface area contributed by atoms with Gasteiger partial charge < -0.3 is 15.4 Å². The van der Waals surface area contributed by atoms with Gasteiger partial charge in [0.15, 0.2) is 0 Å². The monoisotopic (exact) mass is 244 g/mol. The van der Waals surface area contributed by atoms with Crippen molar-refractivity contribution in [1.29, 1.82) is 0 Å². The summed E-state index contributed by atoms with van der Waals surface area (Å²) in [5, 5.41) is 6.00. The predicted octanol–water partition coefficient (Wildman–Crippen LogP) is 1.70. The van der Waals surface area contributed by atoms with E-state index in [0.717, 1.165) is 19.5 Å². The highest BCUT2D eigenvalue weighted by Gasteiger charge is 2.01. The highest BCUT2D eigenvalue weighted by Crippen LogP contribution is 2.01. The molecular weight excluding hydrogens is 216 g/mol. The van der Waals surface area contributed by atoms with Crippen LogP contribution in [-0.4, -0.2) is 38.8 Å². The lowest BCUT2D eigenvalue weighted by molar-refractivity contribution is -0.127. The van der Waals surface area contributed by atoms with Crippen molar-refractivity contribution in [3.8, 4) is 0 Å². The molecule has 4 heteroatoms. The molecule has 0 rings (SSSR count). The van der Waals surface area contributed by atoms with Crippen LogP contribution in [0.1, 0.15) is 46.0 Å². The van der Waals surface area contributed by atoms with E-state index in [0.29, 0.717) is 0 Å². The molecule has 2 N–H and O–H groups in total. The van der Waals surface area contributed by atoms with Gasteiger partial charge in [0.2, 0.25) is 5.91 Å². The molecular formula is C13H28N2O2. The Bertz CT molecular complexity index is 184. The van der Waals surface area contributed by atoms with Crippen LogP contribution < -0.4 is 10.6 Å². The van der Waals surface area contributed by atoms with E-state index in [1.165, 1.54) is 25.7 Å². The van der Waals surface area contributed by atoms with E-state index in [-0.39, 0.29) is 18.6 Å². The van der Waals surface area contributed by atoms with Crippen molar-refractivity contribution in [2.24, 2.45) is 0 Å². The van der Waals surface area contributed by atoms with Gasteiger partial charge >= 0.3 is 0 Å². The summed E-state index contributed by atoms with van der Waals surface area (Å²) >= 11 is 0. The second kappa shape index (κ2) is 11.9. The zero-order valence-electron chi connectivity index (χ0n) is 11.6. The molecule has 0 atom stereocenters. The Morgan fingerprint density at radius 2 is 1.65 bits per heavy atom. The topological polar surface area (TPSA) is 50.4 Å². The van der Waals surface area contributed by atoms with Gasteiger partial charge in [-0.3, -0.25) is 4.79 Å². The lowest BCUT2D eigenvalue weighted by Crippen LogP contribution is -2.29. The summed E-state index contributed by atoms with van der Waals surface area (Å²) in [6.07, 6.45) is 6.13. The maximum atomic E-state index is 11.3. The first-order valence-electron chi connectivity index (χ1n) is 6.69. The minimum atomic E-state index is -0.00566. The second-order valence-electron chi connectivity index (χ2n) is 4.58. The van der Waals surface area contributed by atoms with Crippen molar-refractivity contribution >= 4 is 5.91 Å². The molecule has 0 aromatic rings. The molecule has 17 heavy (non-hydrogen) atoms. The zero-order valence-corrected chi connectivity index (χ0v) is 11.6. The van der Waals surface area contributed by atoms with Crippen LogP contribution in [-0.2, 0) is 9.53 Å². The SMILES string of the molecule is CNCCCCCCCNC(=O)COC(C)C. The van der Waals surface area contributed by atoms with Gasteiger partial charge in [-0.05, 0) is 40.3 Å². The molecule has 0 aliphatic rings. The van der Waals surface area contributed by atoms with E-state index in [1.54, 1.807) is 0 Å². The van der Waals surface area contributed by atoms with E-state index in [4.69, 9.17) is 4.74 Å². The fourth-order valence-corrected chi connectivity index (χ4v) is 1.48. The molecule has 0 bridgehead atoms. The van der Waals surface area contributed by atoms with E-state index in [9.17, 15) is 4.79 Å². The van der Waals surface area contributed by atoms with E-state index in [1.807, 2.05) is 20.9 Å². The standard InChI is InChI=1S/C13H28N2O2/c1-12(2)17-11-13(16)15-10-8-6-4-5-7-9-14-3/h12,14H,4-11H2,1-3H3,(H,15,16). The Labute approximate surface area is 105 Å². The summed E-state index contributed by atoms with van der Waals surface area (Å²) in [4.78, 5) is 11.3. The van der Waals surface area contributed by atoms with Crippen LogP contribution in [0.25, 0.3) is 0 Å². The highest BCUT2D eigenvalue weighted by molar-refractivity contribution is 5.77. The number of hydrogen-bond donors (Lipinski definition) is 2. The van der Waals surface area contributed by atoms with Gasteiger partial charge in [0, 0.05) is 6.54 Å². The molecule has 1 amide bonds. The molecule has 0 fully saturated rings. The Kier molecular flexibility index (Phi) is 11.4. The van der Waals surface area contributed by atoms with Gasteiger partial charge in [0.1, 0.15) is 6.61 Å². The van der Waals surface area contributed by atoms with Gasteiger partial charge in [0.05, 0.1) is 6.10 Å². The van der Waals surface area contributed by atoms with Crippen LogP contribution in [0.4, 0.5) is 0 Å². The molecule has 4 nitrogen and oxygen atoms in total. The molecule has 0 heterocycles. The average Bonchev–Trinajstić information content (AvgIpc) is 2.30. The zero-order chi connectivity index (χ0) is 12.9. The van der Waals surface area contributed by atoms with Gasteiger partial charge in [-0.2, -0.15) is 0 Å². The number of carbonyl (C=O) groups is 1. The molecule has 0 saturated carbocycles. The average molecular weight is 244 g/mol. The maximum Gasteiger partial charge on any atom is 0.246 e. The number of rotatable bonds is 11. The third-order valence-corrected chi connectivity index (χ3v) is 2.47. The minimum absolute atomic E-state index is 0.00566. The van der Waals surface area contributed by atoms with Crippen LogP contribution in [0.15, 0.2) is 0 Å². The Hall–Kier alpha value is -0.610. The van der Waals surface area contributed by atoms with Gasteiger partial charge in [-0.15, -0.1) is 0 Å². The maximum absolute atomic E-state index is 11.3. The summed E-state index contributed by atoms with van der Waals surface area (Å²) in [6.45, 7) is 5.91. The normalized spacial score (nSPS) is 10.8. The first-order valence-corrected chi connectivity index (χ1v) is 6.69. The summed E-state index contributed by atoms with van der Waals surface area (Å²) in [6, 6.07) is 0. The number of nitrogens with one attached hydrogen (secondary N) is 2. The minimum Gasteiger partial charge on any atom is -0.369 e. The highest BCUT2D eigenvalue weighted by atomic mass is 16.5. The Balaban J connectivity index is 3.14. The first-order chi connectivity index (χ1) is 8.16. The van der Waals surface area contributed by atoms with Crippen LogP contribution >= 0.6 is 0 Å². The van der Waals surface area contributed by atoms with Crippen LogP contribution in [0.2, 0.25) is 0 Å². The summed E-state index contributed by atoms with van der Waals surface area (Å²) in [5.74, 6) is -0.00566. The van der Waals surface area contributed by atoms with Gasteiger partial charge in [-0.1, -0.05) is 19.3 Å². The number of carbonyl (C=O) groups excluding carboxylic acids is 1. The molecule has 0 unspecified atom stereocenters. The van der Waals surface area contributed by atoms with Crippen molar-refractivity contribution < 1.29 is 9.53 Å². The van der Waals surface area contributed by atoms with Gasteiger partial charge in [0.25, 0.3) is 0 Å². The van der Waals surface area contributed by atoms with Crippen LogP contribution in [0.3, 0.4) is 0 Å². The molecule has 0 saturated heterocycles. The van der Waals surface area contributed by atoms with Crippen molar-refractivity contribution in [3.63, 3.8) is 0 Å². The number of hydrogen-bond acceptors (Lipinski definition) is 3. The van der Waals surface area contributed by atoms with Crippen LogP contribution in [0.5, 0.6) is 0 Å². The third kappa shape index (κ3) is 13.3. The summed E-state index contributed by atoms with van der Waals surface area (Å²) < 4.78 is 5.21. The molecule has 0 radical (unpaired) electrons. The number of amides is 1. The van der Waals surface area contributed by atoms with Crippen molar-refractivity contribution in [3.05, 3.63) is 0 Å². The smallest absolute Gasteiger partial charge is 0.246 e. The molecule has 102 valence electrons. The Morgan fingerprint density at radius 3 is 2.24 bits per heavy atom. The molecule has 0 aliphatic carbocycles. The summed E-state index contributed by atoms with van der Waals surface area (Å²) in [5.41, 5.74) is 0.